The van der Waals surface area contributed by atoms with Crippen LogP contribution in [-0.2, 0) is 11.3 Å². The van der Waals surface area contributed by atoms with E-state index < -0.39 is 0 Å². The van der Waals surface area contributed by atoms with Gasteiger partial charge >= 0.3 is 4.87 Å². The molecule has 0 aliphatic rings. The normalized spacial score (nSPS) is 10.2. The van der Waals surface area contributed by atoms with Crippen molar-refractivity contribution in [3.8, 4) is 0 Å². The number of H-pyrrole nitrogens is 1. The highest BCUT2D eigenvalue weighted by atomic mass is 32.1. The van der Waals surface area contributed by atoms with Crippen LogP contribution in [0.15, 0.2) is 10.2 Å². The summed E-state index contributed by atoms with van der Waals surface area (Å²) in [6, 6.07) is 0. The van der Waals surface area contributed by atoms with E-state index >= 15 is 0 Å². The lowest BCUT2D eigenvalue weighted by atomic mass is 10.4. The molecule has 0 saturated heterocycles. The average molecular weight is 229 g/mol. The van der Waals surface area contributed by atoms with Crippen LogP contribution in [0.2, 0.25) is 0 Å². The largest absolute Gasteiger partial charge is 0.350 e. The molecule has 3 N–H and O–H groups in total. The van der Waals surface area contributed by atoms with Gasteiger partial charge in [0.15, 0.2) is 0 Å². The van der Waals surface area contributed by atoms with Crippen LogP contribution in [0.4, 0.5) is 0 Å². The second-order valence-electron chi connectivity index (χ2n) is 3.05. The predicted octanol–water partition coefficient (Wildman–Crippen LogP) is 0.0522. The first kappa shape index (κ1) is 11.9. The van der Waals surface area contributed by atoms with Crippen LogP contribution in [0.5, 0.6) is 0 Å². The molecular weight excluding hydrogens is 214 g/mol. The molecule has 0 atom stereocenters. The molecular formula is C9H15N3O2S. The van der Waals surface area contributed by atoms with Crippen molar-refractivity contribution in [2.45, 2.75) is 19.9 Å². The first-order chi connectivity index (χ1) is 7.22. The molecule has 0 unspecified atom stereocenters. The van der Waals surface area contributed by atoms with E-state index in [0.29, 0.717) is 19.5 Å². The monoisotopic (exact) mass is 229 g/mol. The van der Waals surface area contributed by atoms with Crippen LogP contribution < -0.4 is 15.5 Å². The van der Waals surface area contributed by atoms with E-state index in [9.17, 15) is 9.59 Å². The zero-order valence-electron chi connectivity index (χ0n) is 8.63. The lowest BCUT2D eigenvalue weighted by Crippen LogP contribution is -2.27. The standard InChI is InChI=1S/C9H15N3O2S/c1-2-10-4-3-8(13)11-5-7-6-15-9(14)12-7/h6,10H,2-5H2,1H3,(H,11,13)(H,12,14). The highest BCUT2D eigenvalue weighted by Crippen LogP contribution is 1.94. The lowest BCUT2D eigenvalue weighted by Gasteiger charge is -2.03. The number of carbonyl (C=O) groups excluding carboxylic acids is 1. The minimum absolute atomic E-state index is 0.0111. The van der Waals surface area contributed by atoms with Crippen molar-refractivity contribution in [2.24, 2.45) is 0 Å². The van der Waals surface area contributed by atoms with Crippen molar-refractivity contribution in [2.75, 3.05) is 13.1 Å². The second-order valence-corrected chi connectivity index (χ2v) is 3.90. The maximum Gasteiger partial charge on any atom is 0.304 e. The minimum atomic E-state index is -0.0908. The molecule has 0 aliphatic carbocycles. The molecule has 0 spiro atoms. The molecule has 1 aromatic heterocycles. The maximum atomic E-state index is 11.3. The summed E-state index contributed by atoms with van der Waals surface area (Å²) in [7, 11) is 0. The van der Waals surface area contributed by atoms with Crippen LogP contribution in [-0.4, -0.2) is 24.0 Å². The fourth-order valence-electron chi connectivity index (χ4n) is 1.06. The summed E-state index contributed by atoms with van der Waals surface area (Å²) in [5.41, 5.74) is 0.752. The molecule has 5 nitrogen and oxygen atoms in total. The molecule has 1 heterocycles. The molecule has 0 bridgehead atoms. The van der Waals surface area contributed by atoms with Crippen molar-refractivity contribution < 1.29 is 4.79 Å². The third kappa shape index (κ3) is 4.75. The van der Waals surface area contributed by atoms with E-state index in [0.717, 1.165) is 23.6 Å². The Morgan fingerprint density at radius 2 is 2.40 bits per heavy atom. The Labute approximate surface area is 91.9 Å². The zero-order chi connectivity index (χ0) is 11.1. The Morgan fingerprint density at radius 3 is 3.00 bits per heavy atom. The fraction of sp³-hybridized carbons (Fsp3) is 0.556. The van der Waals surface area contributed by atoms with Crippen molar-refractivity contribution >= 4 is 17.2 Å². The van der Waals surface area contributed by atoms with E-state index in [4.69, 9.17) is 0 Å². The number of aromatic amines is 1. The van der Waals surface area contributed by atoms with Crippen LogP contribution >= 0.6 is 11.3 Å². The van der Waals surface area contributed by atoms with E-state index in [1.165, 1.54) is 0 Å². The number of carbonyl (C=O) groups is 1. The third-order valence-electron chi connectivity index (χ3n) is 1.83. The number of rotatable bonds is 6. The number of hydrogen-bond donors (Lipinski definition) is 3. The van der Waals surface area contributed by atoms with E-state index in [1.54, 1.807) is 5.38 Å². The van der Waals surface area contributed by atoms with Gasteiger partial charge < -0.3 is 15.6 Å². The van der Waals surface area contributed by atoms with Crippen LogP contribution in [0, 0.1) is 0 Å². The molecule has 0 aromatic carbocycles. The molecule has 15 heavy (non-hydrogen) atoms. The number of thiazole rings is 1. The fourth-order valence-corrected chi connectivity index (χ4v) is 1.64. The number of nitrogens with one attached hydrogen (secondary N) is 3. The van der Waals surface area contributed by atoms with Gasteiger partial charge in [-0.3, -0.25) is 9.59 Å². The Balaban J connectivity index is 2.19. The van der Waals surface area contributed by atoms with Crippen LogP contribution in [0.3, 0.4) is 0 Å². The summed E-state index contributed by atoms with van der Waals surface area (Å²) < 4.78 is 0. The van der Waals surface area contributed by atoms with Gasteiger partial charge in [-0.25, -0.2) is 0 Å². The lowest BCUT2D eigenvalue weighted by molar-refractivity contribution is -0.121. The van der Waals surface area contributed by atoms with Gasteiger partial charge in [-0.1, -0.05) is 18.3 Å². The average Bonchev–Trinajstić information content (AvgIpc) is 2.62. The summed E-state index contributed by atoms with van der Waals surface area (Å²) in [5, 5.41) is 7.51. The molecule has 0 aliphatic heterocycles. The Bertz CT molecular complexity index is 358. The summed E-state index contributed by atoms with van der Waals surface area (Å²) in [6.45, 7) is 3.94. The van der Waals surface area contributed by atoms with Crippen molar-refractivity contribution in [3.05, 3.63) is 20.7 Å². The Hall–Kier alpha value is -1.14. The Morgan fingerprint density at radius 1 is 1.60 bits per heavy atom. The smallest absolute Gasteiger partial charge is 0.304 e. The first-order valence-electron chi connectivity index (χ1n) is 4.86. The highest BCUT2D eigenvalue weighted by Gasteiger charge is 2.01. The minimum Gasteiger partial charge on any atom is -0.350 e. The van der Waals surface area contributed by atoms with E-state index in [-0.39, 0.29) is 10.8 Å². The third-order valence-corrected chi connectivity index (χ3v) is 2.54. The quantitative estimate of drug-likeness (QED) is 0.604. The molecule has 0 fully saturated rings. The summed E-state index contributed by atoms with van der Waals surface area (Å²) >= 11 is 1.10. The molecule has 1 rings (SSSR count). The van der Waals surface area contributed by atoms with Gasteiger partial charge in [0, 0.05) is 24.0 Å². The van der Waals surface area contributed by atoms with Gasteiger partial charge in [-0.2, -0.15) is 0 Å². The van der Waals surface area contributed by atoms with Gasteiger partial charge in [0.05, 0.1) is 6.54 Å². The van der Waals surface area contributed by atoms with Crippen LogP contribution in [0.25, 0.3) is 0 Å². The predicted molar refractivity (Wildman–Crippen MR) is 59.9 cm³/mol. The summed E-state index contributed by atoms with van der Waals surface area (Å²) in [4.78, 5) is 24.6. The topological polar surface area (TPSA) is 74.0 Å². The Kier molecular flexibility index (Phi) is 5.06. The van der Waals surface area contributed by atoms with Crippen molar-refractivity contribution in [1.82, 2.24) is 15.6 Å². The maximum absolute atomic E-state index is 11.3. The van der Waals surface area contributed by atoms with Crippen molar-refractivity contribution in [3.63, 3.8) is 0 Å². The zero-order valence-corrected chi connectivity index (χ0v) is 9.45. The van der Waals surface area contributed by atoms with Gasteiger partial charge in [0.25, 0.3) is 0 Å². The summed E-state index contributed by atoms with van der Waals surface area (Å²) in [6.07, 6.45) is 0.461. The van der Waals surface area contributed by atoms with Crippen LogP contribution in [0.1, 0.15) is 19.0 Å². The van der Waals surface area contributed by atoms with Gasteiger partial charge in [-0.05, 0) is 6.54 Å². The molecule has 84 valence electrons. The molecule has 0 saturated carbocycles. The molecule has 0 radical (unpaired) electrons. The summed E-state index contributed by atoms with van der Waals surface area (Å²) in [5.74, 6) is -0.0111. The molecule has 1 amide bonds. The highest BCUT2D eigenvalue weighted by molar-refractivity contribution is 7.07. The van der Waals surface area contributed by atoms with Gasteiger partial charge in [0.2, 0.25) is 5.91 Å². The van der Waals surface area contributed by atoms with E-state index in [2.05, 4.69) is 15.6 Å². The molecule has 1 aromatic rings. The van der Waals surface area contributed by atoms with E-state index in [1.807, 2.05) is 6.92 Å². The second kappa shape index (κ2) is 6.36. The molecule has 6 heteroatoms. The number of hydrogen-bond acceptors (Lipinski definition) is 4. The van der Waals surface area contributed by atoms with Gasteiger partial charge in [-0.15, -0.1) is 0 Å². The number of aromatic nitrogens is 1. The SMILES string of the molecule is CCNCCC(=O)NCc1csc(=O)[nH]1. The van der Waals surface area contributed by atoms with Gasteiger partial charge in [0.1, 0.15) is 0 Å². The number of amides is 1. The van der Waals surface area contributed by atoms with Crippen molar-refractivity contribution in [1.29, 1.82) is 0 Å². The first-order valence-corrected chi connectivity index (χ1v) is 5.74.